The summed E-state index contributed by atoms with van der Waals surface area (Å²) in [5.41, 5.74) is 12.7. The molecule has 0 unspecified atom stereocenters. The van der Waals surface area contributed by atoms with Crippen molar-refractivity contribution >= 4 is 70.4 Å². The SMILES string of the molecule is CNC(=O)c1cc(C)c(-c2nc3cc(C)ccn3c2C[C@H]2CN(C(=O)OC)CCO2)cc1F.CNC(=O)c1cc(C)c(-c2nc3cc(C)ccn3c2C[C@H]2CN(C(C)=O)CCO2)cc1F.CNC(=O)c1cc(F)c(-c2nc3cc(C)ccn3c2C[C@H]2CN(C(=O)OC)CCO2)c(F)c1.CNC(=O)c1cc(F)c(-c2nc3cc(C)ccn3c2C[C@H]2CN(C(=O)OC)CCO2)c(F)c1. The van der Waals surface area contributed by atoms with Crippen LogP contribution in [-0.2, 0) is 63.6 Å². The van der Waals surface area contributed by atoms with E-state index in [0.717, 1.165) is 80.3 Å². The van der Waals surface area contributed by atoms with Gasteiger partial charge in [0.1, 0.15) is 57.5 Å². The van der Waals surface area contributed by atoms with Gasteiger partial charge in [-0.3, -0.25) is 24.0 Å². The van der Waals surface area contributed by atoms with E-state index in [-0.39, 0.29) is 94.9 Å². The van der Waals surface area contributed by atoms with Crippen molar-refractivity contribution in [3.05, 3.63) is 235 Å². The second-order valence-corrected chi connectivity index (χ2v) is 32.1. The van der Waals surface area contributed by atoms with Gasteiger partial charge in [0.2, 0.25) is 5.91 Å². The largest absolute Gasteiger partial charge is 0.453 e. The molecule has 8 aromatic heterocycles. The normalized spacial score (nSPS) is 16.2. The van der Waals surface area contributed by atoms with Crippen molar-refractivity contribution in [2.24, 2.45) is 0 Å². The summed E-state index contributed by atoms with van der Waals surface area (Å²) < 4.78 is 136. The van der Waals surface area contributed by atoms with Gasteiger partial charge in [-0.05, 0) is 172 Å². The van der Waals surface area contributed by atoms with E-state index in [0.29, 0.717) is 124 Å². The van der Waals surface area contributed by atoms with E-state index in [2.05, 4.69) is 31.2 Å². The van der Waals surface area contributed by atoms with E-state index in [9.17, 15) is 47.1 Å². The van der Waals surface area contributed by atoms with Gasteiger partial charge in [0, 0.05) is 141 Å². The number of rotatable bonds is 16. The molecule has 690 valence electrons. The molecule has 31 nitrogen and oxygen atoms in total. The van der Waals surface area contributed by atoms with Crippen LogP contribution in [0.1, 0.15) is 105 Å². The van der Waals surface area contributed by atoms with Gasteiger partial charge in [-0.1, -0.05) is 0 Å². The van der Waals surface area contributed by atoms with Crippen molar-refractivity contribution in [3.63, 3.8) is 0 Å². The quantitative estimate of drug-likeness (QED) is 0.0516. The van der Waals surface area contributed by atoms with E-state index in [1.54, 1.807) is 50.1 Å². The topological polar surface area (TPSA) is 331 Å². The zero-order valence-electron chi connectivity index (χ0n) is 74.9. The highest BCUT2D eigenvalue weighted by Crippen LogP contribution is 2.38. The van der Waals surface area contributed by atoms with Crippen LogP contribution in [0, 0.1) is 76.4 Å². The van der Waals surface area contributed by atoms with Crippen LogP contribution >= 0.6 is 0 Å². The number of methoxy groups -OCH3 is 3. The third-order valence-electron chi connectivity index (χ3n) is 23.1. The van der Waals surface area contributed by atoms with Crippen LogP contribution < -0.4 is 21.3 Å². The van der Waals surface area contributed by atoms with Crippen molar-refractivity contribution in [2.45, 2.75) is 98.6 Å². The molecule has 4 aliphatic heterocycles. The smallest absolute Gasteiger partial charge is 0.409 e. The lowest BCUT2D eigenvalue weighted by Crippen LogP contribution is -2.46. The zero-order chi connectivity index (χ0) is 94.1. The van der Waals surface area contributed by atoms with Crippen LogP contribution in [0.25, 0.3) is 67.6 Å². The number of nitrogens with zero attached hydrogens (tertiary/aromatic N) is 12. The third kappa shape index (κ3) is 21.1. The average molecular weight is 1810 g/mol. The molecule has 4 aromatic carbocycles. The van der Waals surface area contributed by atoms with E-state index in [1.165, 1.54) is 71.5 Å². The molecule has 12 heterocycles. The Morgan fingerprint density at radius 3 is 0.885 bits per heavy atom. The van der Waals surface area contributed by atoms with Gasteiger partial charge in [-0.15, -0.1) is 0 Å². The Hall–Kier alpha value is -13.8. The number of hydrogen-bond acceptors (Lipinski definition) is 19. The van der Waals surface area contributed by atoms with Crippen LogP contribution in [0.15, 0.2) is 122 Å². The number of carbonyl (C=O) groups is 8. The molecule has 37 heteroatoms. The maximum absolute atomic E-state index is 15.1. The van der Waals surface area contributed by atoms with Crippen LogP contribution in [0.4, 0.5) is 40.7 Å². The molecule has 4 aliphatic rings. The molecule has 0 radical (unpaired) electrons. The standard InChI is InChI=1S/C24H27FN4O4.C24H27FN4O3.2C23H24F2N4O4/c1-14-5-6-29-20(11-16-13-28(7-8-33-16)24(31)32-4)22(27-21(29)9-14)17-12-19(25)18(10-15(17)2)23(30)26-3;1-14-5-6-29-21(11-17-13-28(16(3)30)7-8-32-17)23(27-22(29)9-14)18-12-20(25)19(10-15(18)2)24(31)26-4;2*1-13-4-5-29-18(11-15-12-28(6-7-33-15)23(31)32-3)21(27-19(29)8-13)20-16(24)9-14(10-17(20)25)22(30)26-2/h5-6,9-10,12,16H,7-8,11,13H2,1-4H3,(H,26,30);5-6,9-10,12,17H,7-8,11,13H2,1-4H3,(H,26,31);2*4-5,8-10,15H,6-7,11-12H2,1-3H3,(H,26,30)/t16-;17-;2*15-/m0000/s1. The van der Waals surface area contributed by atoms with Gasteiger partial charge in [0.15, 0.2) is 0 Å². The highest BCUT2D eigenvalue weighted by atomic mass is 19.2. The second kappa shape index (κ2) is 41.3. The summed E-state index contributed by atoms with van der Waals surface area (Å²) in [6.07, 6.45) is 6.32. The van der Waals surface area contributed by atoms with E-state index in [1.807, 2.05) is 111 Å². The molecular weight excluding hydrogens is 1710 g/mol. The number of amides is 8. The summed E-state index contributed by atoms with van der Waals surface area (Å²) in [6.45, 7) is 17.8. The minimum Gasteiger partial charge on any atom is -0.453 e. The average Bonchev–Trinajstić information content (AvgIpc) is 1.63. The molecule has 8 amide bonds. The number of benzene rings is 4. The fourth-order valence-corrected chi connectivity index (χ4v) is 16.4. The highest BCUT2D eigenvalue weighted by Gasteiger charge is 2.35. The first-order valence-electron chi connectivity index (χ1n) is 42.3. The Balaban J connectivity index is 0.000000149. The van der Waals surface area contributed by atoms with Crippen molar-refractivity contribution in [1.82, 2.24) is 78.4 Å². The summed E-state index contributed by atoms with van der Waals surface area (Å²) >= 11 is 0. The molecule has 0 aliphatic carbocycles. The summed E-state index contributed by atoms with van der Waals surface area (Å²) in [4.78, 5) is 121. The number of aromatic nitrogens is 8. The Bertz CT molecular complexity index is 6160. The molecule has 4 atom stereocenters. The second-order valence-electron chi connectivity index (χ2n) is 32.1. The minimum atomic E-state index is -0.893. The molecule has 4 N–H and O–H groups in total. The number of hydrogen-bond donors (Lipinski definition) is 4. The fourth-order valence-electron chi connectivity index (χ4n) is 16.4. The van der Waals surface area contributed by atoms with Crippen LogP contribution in [-0.4, -0.2) is 258 Å². The number of fused-ring (bicyclic) bond motifs is 4. The Morgan fingerprint density at radius 2 is 0.618 bits per heavy atom. The summed E-state index contributed by atoms with van der Waals surface area (Å²) in [5.74, 6) is -6.89. The summed E-state index contributed by atoms with van der Waals surface area (Å²) in [7, 11) is 9.69. The number of pyridine rings is 4. The first-order chi connectivity index (χ1) is 62.7. The summed E-state index contributed by atoms with van der Waals surface area (Å²) in [6, 6.07) is 25.1. The lowest BCUT2D eigenvalue weighted by atomic mass is 9.98. The Morgan fingerprint density at radius 1 is 0.359 bits per heavy atom. The highest BCUT2D eigenvalue weighted by molar-refractivity contribution is 5.97. The van der Waals surface area contributed by atoms with E-state index < -0.39 is 82.9 Å². The lowest BCUT2D eigenvalue weighted by molar-refractivity contribution is -0.136. The number of nitrogens with one attached hydrogen (secondary N) is 4. The molecule has 131 heavy (non-hydrogen) atoms. The molecular formula is C94H102F6N16O15. The van der Waals surface area contributed by atoms with Crippen LogP contribution in [0.2, 0.25) is 0 Å². The van der Waals surface area contributed by atoms with Gasteiger partial charge >= 0.3 is 18.3 Å². The molecule has 0 spiro atoms. The fraction of sp³-hybridized carbons (Fsp3) is 0.362. The lowest BCUT2D eigenvalue weighted by Gasteiger charge is -2.32. The molecule has 0 bridgehead atoms. The summed E-state index contributed by atoms with van der Waals surface area (Å²) in [5, 5.41) is 9.64. The van der Waals surface area contributed by atoms with Crippen molar-refractivity contribution < 1.29 is 97.9 Å². The van der Waals surface area contributed by atoms with Crippen molar-refractivity contribution in [2.75, 3.05) is 128 Å². The van der Waals surface area contributed by atoms with E-state index in [4.69, 9.17) is 43.1 Å². The van der Waals surface area contributed by atoms with Crippen LogP contribution in [0.3, 0.4) is 0 Å². The first kappa shape index (κ1) is 94.8. The van der Waals surface area contributed by atoms with E-state index >= 15 is 17.6 Å². The minimum absolute atomic E-state index is 0.00243. The molecule has 4 fully saturated rings. The molecule has 4 saturated heterocycles. The van der Waals surface area contributed by atoms with Gasteiger partial charge in [-0.2, -0.15) is 0 Å². The van der Waals surface area contributed by atoms with Crippen molar-refractivity contribution in [1.29, 1.82) is 0 Å². The number of halogens is 6. The number of aryl methyl sites for hydroxylation is 6. The molecule has 12 aromatic rings. The van der Waals surface area contributed by atoms with Gasteiger partial charge in [0.25, 0.3) is 23.6 Å². The van der Waals surface area contributed by atoms with Gasteiger partial charge in [-0.25, -0.2) is 60.7 Å². The Kier molecular flexibility index (Phi) is 29.9. The van der Waals surface area contributed by atoms with Gasteiger partial charge in [0.05, 0.1) is 160 Å². The van der Waals surface area contributed by atoms with Crippen LogP contribution in [0.5, 0.6) is 0 Å². The first-order valence-corrected chi connectivity index (χ1v) is 42.3. The maximum Gasteiger partial charge on any atom is 0.409 e. The maximum atomic E-state index is 15.1. The number of carbonyl (C=O) groups excluding carboxylic acids is 8. The molecule has 0 saturated carbocycles. The monoisotopic (exact) mass is 1810 g/mol. The predicted molar refractivity (Wildman–Crippen MR) is 472 cm³/mol. The zero-order valence-corrected chi connectivity index (χ0v) is 74.9. The Labute approximate surface area is 750 Å². The number of morpholine rings is 4. The third-order valence-corrected chi connectivity index (χ3v) is 23.1. The predicted octanol–water partition coefficient (Wildman–Crippen LogP) is 11.9. The van der Waals surface area contributed by atoms with Crippen molar-refractivity contribution in [3.8, 4) is 45.0 Å². The molecule has 16 rings (SSSR count). The number of ether oxygens (including phenoxy) is 7. The van der Waals surface area contributed by atoms with Gasteiger partial charge < -0.3 is 91.6 Å². The number of imidazole rings is 4.